The van der Waals surface area contributed by atoms with E-state index in [1.165, 1.54) is 17.4 Å². The van der Waals surface area contributed by atoms with E-state index in [0.29, 0.717) is 5.58 Å². The van der Waals surface area contributed by atoms with E-state index < -0.39 is 6.10 Å². The Morgan fingerprint density at radius 2 is 2.14 bits per heavy atom. The SMILES string of the molecule is Cn1c(=O)oc2cc(C(O)C3CCCCC3(C)C)ccc21. The molecule has 1 N–H and O–H groups in total. The summed E-state index contributed by atoms with van der Waals surface area (Å²) in [6.07, 6.45) is 4.11. The monoisotopic (exact) mass is 289 g/mol. The maximum atomic E-state index is 11.6. The van der Waals surface area contributed by atoms with Crippen molar-refractivity contribution in [3.05, 3.63) is 34.3 Å². The standard InChI is InChI=1S/C17H23NO3/c1-17(2)9-5-4-6-12(17)15(19)11-7-8-13-14(10-11)21-16(20)18(13)3/h7-8,10,12,15,19H,4-6,9H2,1-3H3. The summed E-state index contributed by atoms with van der Waals surface area (Å²) in [4.78, 5) is 11.6. The highest BCUT2D eigenvalue weighted by Gasteiger charge is 2.37. The van der Waals surface area contributed by atoms with Crippen LogP contribution in [0.1, 0.15) is 51.2 Å². The molecule has 0 radical (unpaired) electrons. The summed E-state index contributed by atoms with van der Waals surface area (Å²) in [7, 11) is 1.69. The third-order valence-corrected chi connectivity index (χ3v) is 5.13. The van der Waals surface area contributed by atoms with Crippen LogP contribution in [0.5, 0.6) is 0 Å². The number of fused-ring (bicyclic) bond motifs is 1. The minimum atomic E-state index is -0.504. The number of aryl methyl sites for hydroxylation is 1. The van der Waals surface area contributed by atoms with Gasteiger partial charge in [0.25, 0.3) is 0 Å². The van der Waals surface area contributed by atoms with Crippen molar-refractivity contribution in [2.45, 2.75) is 45.6 Å². The number of aliphatic hydroxyl groups excluding tert-OH is 1. The molecule has 0 saturated heterocycles. The molecule has 1 aliphatic carbocycles. The maximum Gasteiger partial charge on any atom is 0.419 e. The number of aromatic nitrogens is 1. The van der Waals surface area contributed by atoms with E-state index in [1.54, 1.807) is 7.05 Å². The first kappa shape index (κ1) is 14.4. The highest BCUT2D eigenvalue weighted by atomic mass is 16.4. The molecular weight excluding hydrogens is 266 g/mol. The highest BCUT2D eigenvalue weighted by Crippen LogP contribution is 2.46. The number of aliphatic hydroxyl groups is 1. The summed E-state index contributed by atoms with van der Waals surface area (Å²) >= 11 is 0. The van der Waals surface area contributed by atoms with Crippen LogP contribution in [0, 0.1) is 11.3 Å². The van der Waals surface area contributed by atoms with Crippen molar-refractivity contribution < 1.29 is 9.52 Å². The first-order valence-electron chi connectivity index (χ1n) is 7.68. The Hall–Kier alpha value is -1.55. The van der Waals surface area contributed by atoms with Crippen molar-refractivity contribution in [1.29, 1.82) is 0 Å². The molecule has 4 heteroatoms. The molecule has 0 amide bonds. The van der Waals surface area contributed by atoms with Gasteiger partial charge in [-0.3, -0.25) is 4.57 Å². The molecule has 1 aliphatic rings. The molecule has 4 nitrogen and oxygen atoms in total. The van der Waals surface area contributed by atoms with E-state index >= 15 is 0 Å². The molecule has 0 aliphatic heterocycles. The van der Waals surface area contributed by atoms with Crippen molar-refractivity contribution in [3.8, 4) is 0 Å². The van der Waals surface area contributed by atoms with Gasteiger partial charge in [-0.05, 0) is 41.9 Å². The molecule has 1 aromatic heterocycles. The third-order valence-electron chi connectivity index (χ3n) is 5.13. The smallest absolute Gasteiger partial charge is 0.408 e. The van der Waals surface area contributed by atoms with Crippen LogP contribution in [0.15, 0.2) is 27.4 Å². The summed E-state index contributed by atoms with van der Waals surface area (Å²) in [6, 6.07) is 5.58. The average molecular weight is 289 g/mol. The Morgan fingerprint density at radius 1 is 1.38 bits per heavy atom. The first-order valence-corrected chi connectivity index (χ1v) is 7.68. The Morgan fingerprint density at radius 3 is 2.86 bits per heavy atom. The van der Waals surface area contributed by atoms with Crippen LogP contribution < -0.4 is 5.76 Å². The van der Waals surface area contributed by atoms with Crippen LogP contribution in [-0.4, -0.2) is 9.67 Å². The summed E-state index contributed by atoms with van der Waals surface area (Å²) in [6.45, 7) is 4.47. The van der Waals surface area contributed by atoms with Crippen molar-refractivity contribution in [3.63, 3.8) is 0 Å². The lowest BCUT2D eigenvalue weighted by atomic mass is 9.65. The fourth-order valence-electron chi connectivity index (χ4n) is 3.67. The van der Waals surface area contributed by atoms with Gasteiger partial charge in [0, 0.05) is 7.05 Å². The van der Waals surface area contributed by atoms with E-state index in [1.807, 2.05) is 18.2 Å². The Labute approximate surface area is 124 Å². The number of rotatable bonds is 2. The van der Waals surface area contributed by atoms with E-state index in [4.69, 9.17) is 4.42 Å². The normalized spacial score (nSPS) is 23.3. The number of nitrogens with zero attached hydrogens (tertiary/aromatic N) is 1. The highest BCUT2D eigenvalue weighted by molar-refractivity contribution is 5.73. The molecule has 2 unspecified atom stereocenters. The van der Waals surface area contributed by atoms with Crippen LogP contribution in [0.2, 0.25) is 0 Å². The quantitative estimate of drug-likeness (QED) is 0.922. The summed E-state index contributed by atoms with van der Waals surface area (Å²) in [5, 5.41) is 10.8. The van der Waals surface area contributed by atoms with Crippen LogP contribution in [0.3, 0.4) is 0 Å². The molecule has 3 rings (SSSR count). The maximum absolute atomic E-state index is 11.6. The second-order valence-electron chi connectivity index (χ2n) is 6.94. The summed E-state index contributed by atoms with van der Waals surface area (Å²) in [5.74, 6) is -0.117. The zero-order valence-corrected chi connectivity index (χ0v) is 12.9. The van der Waals surface area contributed by atoms with Gasteiger partial charge in [0.05, 0.1) is 11.6 Å². The Kier molecular flexibility index (Phi) is 3.44. The van der Waals surface area contributed by atoms with Crippen molar-refractivity contribution >= 4 is 11.1 Å². The lowest BCUT2D eigenvalue weighted by Crippen LogP contribution is -2.32. The molecular formula is C17H23NO3. The van der Waals surface area contributed by atoms with Gasteiger partial charge < -0.3 is 9.52 Å². The van der Waals surface area contributed by atoms with Crippen LogP contribution in [0.4, 0.5) is 0 Å². The lowest BCUT2D eigenvalue weighted by molar-refractivity contribution is 0.00388. The predicted molar refractivity (Wildman–Crippen MR) is 82.2 cm³/mol. The van der Waals surface area contributed by atoms with E-state index in [9.17, 15) is 9.90 Å². The van der Waals surface area contributed by atoms with E-state index in [-0.39, 0.29) is 17.1 Å². The topological polar surface area (TPSA) is 55.4 Å². The largest absolute Gasteiger partial charge is 0.419 e. The molecule has 2 aromatic rings. The molecule has 1 fully saturated rings. The van der Waals surface area contributed by atoms with E-state index in [2.05, 4.69) is 13.8 Å². The van der Waals surface area contributed by atoms with Gasteiger partial charge in [-0.25, -0.2) is 4.79 Å². The third kappa shape index (κ3) is 2.42. The van der Waals surface area contributed by atoms with Gasteiger partial charge in [0.15, 0.2) is 5.58 Å². The molecule has 2 atom stereocenters. The van der Waals surface area contributed by atoms with Gasteiger partial charge in [0.2, 0.25) is 0 Å². The van der Waals surface area contributed by atoms with Crippen molar-refractivity contribution in [1.82, 2.24) is 4.57 Å². The lowest BCUT2D eigenvalue weighted by Gasteiger charge is -2.41. The van der Waals surface area contributed by atoms with Crippen LogP contribution in [0.25, 0.3) is 11.1 Å². The summed E-state index contributed by atoms with van der Waals surface area (Å²) < 4.78 is 6.71. The fraction of sp³-hybridized carbons (Fsp3) is 0.588. The van der Waals surface area contributed by atoms with Crippen LogP contribution >= 0.6 is 0 Å². The zero-order valence-electron chi connectivity index (χ0n) is 12.9. The minimum absolute atomic E-state index is 0.143. The number of hydrogen-bond acceptors (Lipinski definition) is 3. The van der Waals surface area contributed by atoms with Gasteiger partial charge in [-0.1, -0.05) is 32.8 Å². The van der Waals surface area contributed by atoms with Gasteiger partial charge in [0.1, 0.15) is 0 Å². The molecule has 1 heterocycles. The minimum Gasteiger partial charge on any atom is -0.408 e. The van der Waals surface area contributed by atoms with Gasteiger partial charge >= 0.3 is 5.76 Å². The molecule has 21 heavy (non-hydrogen) atoms. The average Bonchev–Trinajstić information content (AvgIpc) is 2.72. The molecule has 0 bridgehead atoms. The van der Waals surface area contributed by atoms with E-state index in [0.717, 1.165) is 23.9 Å². The number of hydrogen-bond donors (Lipinski definition) is 1. The fourth-order valence-corrected chi connectivity index (χ4v) is 3.67. The zero-order chi connectivity index (χ0) is 15.2. The molecule has 0 spiro atoms. The molecule has 114 valence electrons. The predicted octanol–water partition coefficient (Wildman–Crippen LogP) is 3.38. The first-order chi connectivity index (χ1) is 9.90. The molecule has 1 saturated carbocycles. The van der Waals surface area contributed by atoms with Crippen molar-refractivity contribution in [2.24, 2.45) is 18.4 Å². The van der Waals surface area contributed by atoms with Crippen LogP contribution in [-0.2, 0) is 7.05 Å². The Balaban J connectivity index is 1.97. The van der Waals surface area contributed by atoms with Gasteiger partial charge in [-0.15, -0.1) is 0 Å². The molecule has 1 aromatic carbocycles. The van der Waals surface area contributed by atoms with Crippen molar-refractivity contribution in [2.75, 3.05) is 0 Å². The second kappa shape index (κ2) is 5.02. The number of benzene rings is 1. The Bertz CT molecular complexity index is 710. The second-order valence-corrected chi connectivity index (χ2v) is 6.94. The number of oxazole rings is 1. The summed E-state index contributed by atoms with van der Waals surface area (Å²) in [5.41, 5.74) is 2.30. The van der Waals surface area contributed by atoms with Gasteiger partial charge in [-0.2, -0.15) is 0 Å².